The summed E-state index contributed by atoms with van der Waals surface area (Å²) in [5, 5.41) is 2.29. The maximum absolute atomic E-state index is 12.3. The highest BCUT2D eigenvalue weighted by Crippen LogP contribution is 2.05. The Balaban J connectivity index is 1.79. The van der Waals surface area contributed by atoms with Crippen molar-refractivity contribution in [1.82, 2.24) is 24.0 Å². The zero-order valence-corrected chi connectivity index (χ0v) is 14.3. The predicted octanol–water partition coefficient (Wildman–Crippen LogP) is -0.681. The smallest absolute Gasteiger partial charge is 0.315 e. The normalized spacial score (nSPS) is 10.8. The van der Waals surface area contributed by atoms with Crippen molar-refractivity contribution < 1.29 is 9.59 Å². The number of hydrogen-bond acceptors (Lipinski definition) is 5. The molecule has 9 heteroatoms. The number of nitrogens with zero attached hydrogens (tertiary/aromatic N) is 4. The first kappa shape index (κ1) is 17.3. The number of aryl methyl sites for hydroxylation is 1. The van der Waals surface area contributed by atoms with Crippen LogP contribution in [0.5, 0.6) is 0 Å². The van der Waals surface area contributed by atoms with Gasteiger partial charge in [-0.15, -0.1) is 0 Å². The lowest BCUT2D eigenvalue weighted by atomic mass is 10.1. The van der Waals surface area contributed by atoms with E-state index in [2.05, 4.69) is 10.3 Å². The molecular weight excluding hydrogens is 338 g/mol. The molecule has 0 fully saturated rings. The number of rotatable bonds is 4. The number of aromatic nitrogens is 4. The van der Waals surface area contributed by atoms with Crippen LogP contribution in [-0.2, 0) is 36.6 Å². The summed E-state index contributed by atoms with van der Waals surface area (Å²) in [5.41, 5.74) is 0.0378. The fraction of sp³-hybridized carbons (Fsp3) is 0.235. The Kier molecular flexibility index (Phi) is 4.53. The number of benzene rings is 1. The molecule has 0 atom stereocenters. The summed E-state index contributed by atoms with van der Waals surface area (Å²) in [6.07, 6.45) is 1.38. The minimum absolute atomic E-state index is 0.0769. The van der Waals surface area contributed by atoms with Gasteiger partial charge < -0.3 is 4.57 Å². The van der Waals surface area contributed by atoms with Crippen LogP contribution in [0.2, 0.25) is 0 Å². The first-order chi connectivity index (χ1) is 12.4. The van der Waals surface area contributed by atoms with Crippen LogP contribution in [0.15, 0.2) is 46.2 Å². The summed E-state index contributed by atoms with van der Waals surface area (Å²) in [4.78, 5) is 52.4. The Labute approximate surface area is 147 Å². The summed E-state index contributed by atoms with van der Waals surface area (Å²) in [7, 11) is 2.84. The molecule has 0 aliphatic rings. The van der Waals surface area contributed by atoms with Crippen molar-refractivity contribution in [1.29, 1.82) is 0 Å². The van der Waals surface area contributed by atoms with E-state index in [1.54, 1.807) is 12.1 Å². The van der Waals surface area contributed by atoms with Gasteiger partial charge in [-0.1, -0.05) is 30.3 Å². The summed E-state index contributed by atoms with van der Waals surface area (Å²) in [6.45, 7) is -0.259. The molecule has 0 saturated carbocycles. The second-order valence-electron chi connectivity index (χ2n) is 5.88. The third kappa shape index (κ3) is 3.18. The van der Waals surface area contributed by atoms with E-state index in [-0.39, 0.29) is 24.1 Å². The third-order valence-electron chi connectivity index (χ3n) is 4.02. The zero-order chi connectivity index (χ0) is 18.8. The Hall–Kier alpha value is -3.49. The SMILES string of the molecule is Cn1c(=O)c2c(ncn2CC(=O)NC(=O)Cc2ccccc2)n(C)c1=O. The number of carbonyl (C=O) groups excluding carboxylic acids is 2. The summed E-state index contributed by atoms with van der Waals surface area (Å²) >= 11 is 0. The highest BCUT2D eigenvalue weighted by atomic mass is 16.2. The minimum atomic E-state index is -0.568. The number of fused-ring (bicyclic) bond motifs is 1. The van der Waals surface area contributed by atoms with E-state index in [0.29, 0.717) is 0 Å². The average Bonchev–Trinajstić information content (AvgIpc) is 3.02. The largest absolute Gasteiger partial charge is 0.332 e. The van der Waals surface area contributed by atoms with Crippen molar-refractivity contribution in [3.8, 4) is 0 Å². The standard InChI is InChI=1S/C17H17N5O4/c1-20-15-14(16(25)21(2)17(20)26)22(10-18-15)9-13(24)19-12(23)8-11-6-4-3-5-7-11/h3-7,10H,8-9H2,1-2H3,(H,19,23,24). The van der Waals surface area contributed by atoms with Gasteiger partial charge in [0.25, 0.3) is 5.56 Å². The highest BCUT2D eigenvalue weighted by molar-refractivity contribution is 5.96. The quantitative estimate of drug-likeness (QED) is 0.667. The van der Waals surface area contributed by atoms with Gasteiger partial charge in [0.15, 0.2) is 11.2 Å². The van der Waals surface area contributed by atoms with Crippen LogP contribution in [0.1, 0.15) is 5.56 Å². The van der Waals surface area contributed by atoms with E-state index in [1.807, 2.05) is 18.2 Å². The van der Waals surface area contributed by atoms with E-state index in [4.69, 9.17) is 0 Å². The van der Waals surface area contributed by atoms with E-state index in [0.717, 1.165) is 10.1 Å². The van der Waals surface area contributed by atoms with Gasteiger partial charge in [0.05, 0.1) is 12.7 Å². The molecule has 1 aromatic carbocycles. The molecule has 3 aromatic rings. The molecule has 26 heavy (non-hydrogen) atoms. The van der Waals surface area contributed by atoms with E-state index < -0.39 is 23.1 Å². The summed E-state index contributed by atoms with van der Waals surface area (Å²) in [5.74, 6) is -1.01. The van der Waals surface area contributed by atoms with Crippen molar-refractivity contribution in [2.45, 2.75) is 13.0 Å². The van der Waals surface area contributed by atoms with Gasteiger partial charge in [-0.2, -0.15) is 0 Å². The Bertz CT molecular complexity index is 1110. The lowest BCUT2D eigenvalue weighted by Gasteiger charge is -2.07. The predicted molar refractivity (Wildman–Crippen MR) is 93.5 cm³/mol. The minimum Gasteiger partial charge on any atom is -0.315 e. The van der Waals surface area contributed by atoms with Crippen LogP contribution in [-0.4, -0.2) is 30.5 Å². The van der Waals surface area contributed by atoms with Gasteiger partial charge in [0.2, 0.25) is 11.8 Å². The van der Waals surface area contributed by atoms with Crippen molar-refractivity contribution in [3.63, 3.8) is 0 Å². The van der Waals surface area contributed by atoms with Gasteiger partial charge in [-0.25, -0.2) is 9.78 Å². The number of nitrogens with one attached hydrogen (secondary N) is 1. The maximum atomic E-state index is 12.3. The van der Waals surface area contributed by atoms with Gasteiger partial charge >= 0.3 is 5.69 Å². The van der Waals surface area contributed by atoms with E-state index >= 15 is 0 Å². The Morgan fingerprint density at radius 3 is 2.42 bits per heavy atom. The van der Waals surface area contributed by atoms with Crippen LogP contribution in [0.25, 0.3) is 11.2 Å². The van der Waals surface area contributed by atoms with Crippen LogP contribution in [0.4, 0.5) is 0 Å². The van der Waals surface area contributed by atoms with Gasteiger partial charge in [0, 0.05) is 14.1 Å². The molecule has 0 radical (unpaired) electrons. The molecule has 1 N–H and O–H groups in total. The zero-order valence-electron chi connectivity index (χ0n) is 14.3. The van der Waals surface area contributed by atoms with Gasteiger partial charge in [0.1, 0.15) is 6.54 Å². The number of imidazole rings is 1. The number of amides is 2. The Morgan fingerprint density at radius 1 is 1.04 bits per heavy atom. The number of carbonyl (C=O) groups is 2. The lowest BCUT2D eigenvalue weighted by molar-refractivity contribution is -0.130. The molecule has 3 rings (SSSR count). The summed E-state index contributed by atoms with van der Waals surface area (Å²) < 4.78 is 3.49. The van der Waals surface area contributed by atoms with Gasteiger partial charge in [-0.05, 0) is 5.56 Å². The van der Waals surface area contributed by atoms with E-state index in [1.165, 1.54) is 29.6 Å². The number of imide groups is 1. The monoisotopic (exact) mass is 355 g/mol. The second-order valence-corrected chi connectivity index (χ2v) is 5.88. The molecule has 0 bridgehead atoms. The number of hydrogen-bond donors (Lipinski definition) is 1. The molecule has 0 aliphatic heterocycles. The first-order valence-corrected chi connectivity index (χ1v) is 7.86. The van der Waals surface area contributed by atoms with Crippen molar-refractivity contribution in [2.75, 3.05) is 0 Å². The molecular formula is C17H17N5O4. The molecule has 2 heterocycles. The van der Waals surface area contributed by atoms with Crippen LogP contribution < -0.4 is 16.6 Å². The molecule has 0 aliphatic carbocycles. The molecule has 9 nitrogen and oxygen atoms in total. The van der Waals surface area contributed by atoms with Gasteiger partial charge in [-0.3, -0.25) is 28.8 Å². The Morgan fingerprint density at radius 2 is 1.73 bits per heavy atom. The maximum Gasteiger partial charge on any atom is 0.332 e. The van der Waals surface area contributed by atoms with E-state index in [9.17, 15) is 19.2 Å². The second kappa shape index (κ2) is 6.79. The topological polar surface area (TPSA) is 108 Å². The molecule has 134 valence electrons. The molecule has 0 saturated heterocycles. The lowest BCUT2D eigenvalue weighted by Crippen LogP contribution is -2.38. The van der Waals surface area contributed by atoms with Crippen LogP contribution >= 0.6 is 0 Å². The van der Waals surface area contributed by atoms with Crippen molar-refractivity contribution >= 4 is 23.0 Å². The van der Waals surface area contributed by atoms with Crippen LogP contribution in [0, 0.1) is 0 Å². The molecule has 0 unspecified atom stereocenters. The van der Waals surface area contributed by atoms with Crippen molar-refractivity contribution in [2.24, 2.45) is 14.1 Å². The van der Waals surface area contributed by atoms with Crippen molar-refractivity contribution in [3.05, 3.63) is 63.1 Å². The third-order valence-corrected chi connectivity index (χ3v) is 4.02. The highest BCUT2D eigenvalue weighted by Gasteiger charge is 2.17. The fourth-order valence-electron chi connectivity index (χ4n) is 2.69. The molecule has 2 aromatic heterocycles. The fourth-order valence-corrected chi connectivity index (χ4v) is 2.69. The summed E-state index contributed by atoms with van der Waals surface area (Å²) in [6, 6.07) is 9.03. The average molecular weight is 355 g/mol. The van der Waals surface area contributed by atoms with Crippen LogP contribution in [0.3, 0.4) is 0 Å². The first-order valence-electron chi connectivity index (χ1n) is 7.86. The molecule has 0 spiro atoms. The molecule has 2 amide bonds.